The Balaban J connectivity index is 1.47. The second-order valence-corrected chi connectivity index (χ2v) is 10.6. The van der Waals surface area contributed by atoms with Gasteiger partial charge in [-0.05, 0) is 42.4 Å². The smallest absolute Gasteiger partial charge is 0.240 e. The summed E-state index contributed by atoms with van der Waals surface area (Å²) in [7, 11) is 0. The van der Waals surface area contributed by atoms with E-state index in [1.807, 2.05) is 11.8 Å². The Morgan fingerprint density at radius 2 is 1.97 bits per heavy atom. The maximum atomic E-state index is 13.5. The van der Waals surface area contributed by atoms with E-state index in [0.29, 0.717) is 13.1 Å². The number of nitrogens with zero attached hydrogens (tertiary/aromatic N) is 4. The Hall–Kier alpha value is -2.46. The molecule has 0 aliphatic carbocycles. The predicted octanol–water partition coefficient (Wildman–Crippen LogP) is 3.35. The molecule has 3 aliphatic rings. The van der Waals surface area contributed by atoms with E-state index in [2.05, 4.69) is 31.7 Å². The van der Waals surface area contributed by atoms with Gasteiger partial charge in [0, 0.05) is 31.6 Å². The van der Waals surface area contributed by atoms with Gasteiger partial charge in [0.1, 0.15) is 11.9 Å². The minimum atomic E-state index is -0.319. The molecular weight excluding hydrogens is 407 g/mol. The number of carbonyl (C=O) groups excluding carboxylic acids is 2. The zero-order chi connectivity index (χ0) is 23.2. The van der Waals surface area contributed by atoms with Gasteiger partial charge in [-0.3, -0.25) is 14.5 Å². The van der Waals surface area contributed by atoms with Gasteiger partial charge in [0.15, 0.2) is 0 Å². The molecule has 5 atom stereocenters. The van der Waals surface area contributed by atoms with Crippen LogP contribution in [0.25, 0.3) is 0 Å². The minimum absolute atomic E-state index is 0.0139. The van der Waals surface area contributed by atoms with Gasteiger partial charge >= 0.3 is 0 Å². The van der Waals surface area contributed by atoms with Gasteiger partial charge < -0.3 is 9.80 Å². The lowest BCUT2D eigenvalue weighted by Gasteiger charge is -2.45. The monoisotopic (exact) mass is 440 g/mol. The first-order valence-corrected chi connectivity index (χ1v) is 11.6. The molecule has 3 heterocycles. The van der Waals surface area contributed by atoms with Crippen LogP contribution in [0.5, 0.6) is 0 Å². The summed E-state index contributed by atoms with van der Waals surface area (Å²) < 4.78 is 13.5. The first kappa shape index (κ1) is 22.7. The normalized spacial score (nSPS) is 27.6. The van der Waals surface area contributed by atoms with E-state index >= 15 is 0 Å². The molecule has 2 bridgehead atoms. The number of halogens is 1. The fraction of sp³-hybridized carbons (Fsp3) is 0.640. The summed E-state index contributed by atoms with van der Waals surface area (Å²) in [6.07, 6.45) is 2.38. The average Bonchev–Trinajstić information content (AvgIpc) is 3.44. The quantitative estimate of drug-likeness (QED) is 0.704. The van der Waals surface area contributed by atoms with Crippen LogP contribution < -0.4 is 0 Å². The van der Waals surface area contributed by atoms with Crippen molar-refractivity contribution < 1.29 is 14.0 Å². The molecule has 1 aromatic rings. The van der Waals surface area contributed by atoms with Crippen molar-refractivity contribution in [2.45, 2.75) is 71.1 Å². The van der Waals surface area contributed by atoms with Crippen molar-refractivity contribution in [3.8, 4) is 6.07 Å². The molecule has 1 aromatic carbocycles. The van der Waals surface area contributed by atoms with Gasteiger partial charge in [0.25, 0.3) is 0 Å². The second-order valence-electron chi connectivity index (χ2n) is 10.6. The molecule has 7 heteroatoms. The number of hydrogen-bond acceptors (Lipinski definition) is 4. The van der Waals surface area contributed by atoms with Gasteiger partial charge in [-0.15, -0.1) is 0 Å². The van der Waals surface area contributed by atoms with E-state index in [1.54, 1.807) is 17.0 Å². The molecule has 0 aromatic heterocycles. The third-order valence-electron chi connectivity index (χ3n) is 7.21. The molecule has 0 saturated carbocycles. The molecule has 172 valence electrons. The van der Waals surface area contributed by atoms with Crippen molar-refractivity contribution in [3.63, 3.8) is 0 Å². The van der Waals surface area contributed by atoms with Crippen LogP contribution in [0.3, 0.4) is 0 Å². The molecule has 2 amide bonds. The zero-order valence-corrected chi connectivity index (χ0v) is 19.4. The highest BCUT2D eigenvalue weighted by Crippen LogP contribution is 2.45. The van der Waals surface area contributed by atoms with Crippen molar-refractivity contribution in [1.29, 1.82) is 5.26 Å². The molecule has 0 radical (unpaired) electrons. The lowest BCUT2D eigenvalue weighted by molar-refractivity contribution is -0.144. The number of hydrogen-bond donors (Lipinski definition) is 0. The van der Waals surface area contributed by atoms with Gasteiger partial charge in [0.05, 0.1) is 18.2 Å². The predicted molar refractivity (Wildman–Crippen MR) is 119 cm³/mol. The summed E-state index contributed by atoms with van der Waals surface area (Å²) >= 11 is 0. The number of benzene rings is 1. The van der Waals surface area contributed by atoms with E-state index in [-0.39, 0.29) is 53.1 Å². The average molecular weight is 441 g/mol. The van der Waals surface area contributed by atoms with E-state index in [9.17, 15) is 19.2 Å². The maximum Gasteiger partial charge on any atom is 0.240 e. The lowest BCUT2D eigenvalue weighted by atomic mass is 9.80. The number of carbonyl (C=O) groups is 2. The highest BCUT2D eigenvalue weighted by atomic mass is 19.1. The van der Waals surface area contributed by atoms with Crippen LogP contribution in [-0.2, 0) is 9.59 Å². The first-order valence-electron chi connectivity index (χ1n) is 11.6. The maximum absolute atomic E-state index is 13.5. The van der Waals surface area contributed by atoms with Crippen LogP contribution in [0.2, 0.25) is 0 Å². The van der Waals surface area contributed by atoms with Crippen molar-refractivity contribution in [3.05, 3.63) is 35.6 Å². The summed E-state index contributed by atoms with van der Waals surface area (Å²) in [6.45, 7) is 10.2. The number of likely N-dealkylation sites (tertiary alicyclic amines) is 3. The molecule has 3 saturated heterocycles. The van der Waals surface area contributed by atoms with E-state index < -0.39 is 0 Å². The van der Waals surface area contributed by atoms with Gasteiger partial charge in [0.2, 0.25) is 11.8 Å². The van der Waals surface area contributed by atoms with Crippen molar-refractivity contribution >= 4 is 11.8 Å². The number of nitriles is 1. The minimum Gasteiger partial charge on any atom is -0.329 e. The molecule has 0 N–H and O–H groups in total. The highest BCUT2D eigenvalue weighted by Gasteiger charge is 2.54. The molecule has 0 spiro atoms. The Bertz CT molecular complexity index is 919. The Morgan fingerprint density at radius 1 is 1.28 bits per heavy atom. The van der Waals surface area contributed by atoms with Crippen molar-refractivity contribution in [1.82, 2.24) is 14.7 Å². The Kier molecular flexibility index (Phi) is 6.02. The Morgan fingerprint density at radius 3 is 2.56 bits per heavy atom. The first-order chi connectivity index (χ1) is 15.1. The van der Waals surface area contributed by atoms with E-state index in [4.69, 9.17) is 0 Å². The van der Waals surface area contributed by atoms with E-state index in [1.165, 1.54) is 12.1 Å². The molecule has 6 nitrogen and oxygen atoms in total. The molecule has 3 fully saturated rings. The second kappa shape index (κ2) is 8.47. The summed E-state index contributed by atoms with van der Waals surface area (Å²) in [5.41, 5.74) is 0.750. The third-order valence-corrected chi connectivity index (χ3v) is 7.21. The number of amides is 2. The van der Waals surface area contributed by atoms with Crippen LogP contribution >= 0.6 is 0 Å². The van der Waals surface area contributed by atoms with Gasteiger partial charge in [-0.1, -0.05) is 39.8 Å². The molecule has 3 aliphatic heterocycles. The Labute approximate surface area is 190 Å². The van der Waals surface area contributed by atoms with Crippen molar-refractivity contribution in [2.24, 2.45) is 11.3 Å². The zero-order valence-electron chi connectivity index (χ0n) is 19.4. The number of rotatable bonds is 5. The van der Waals surface area contributed by atoms with Gasteiger partial charge in [-0.25, -0.2) is 4.39 Å². The van der Waals surface area contributed by atoms with Crippen LogP contribution in [0, 0.1) is 28.5 Å². The van der Waals surface area contributed by atoms with Crippen LogP contribution in [0.1, 0.15) is 58.6 Å². The van der Waals surface area contributed by atoms with E-state index in [0.717, 1.165) is 31.4 Å². The summed E-state index contributed by atoms with van der Waals surface area (Å²) in [5, 5.41) is 9.30. The van der Waals surface area contributed by atoms with Crippen LogP contribution in [-0.4, -0.2) is 64.3 Å². The SMILES string of the molecule is C[C@@H](CN1C[C@@H]2C[C@H]1C(=O)N2[C@H](c1ccc(F)cc1)C(C)(C)C)C(=O)N1CCC[C@H]1C#N. The van der Waals surface area contributed by atoms with Crippen LogP contribution in [0.4, 0.5) is 4.39 Å². The standard InChI is InChI=1S/C25H33FN4O2/c1-16(23(31)29-11-5-6-19(29)13-27)14-28-15-20-12-21(28)24(32)30(20)22(25(2,3)4)17-7-9-18(26)10-8-17/h7-10,16,19-22H,5-6,11-12,14-15H2,1-4H3/t16-,19-,20-,21-,22+/m0/s1. The van der Waals surface area contributed by atoms with Crippen molar-refractivity contribution in [2.75, 3.05) is 19.6 Å². The van der Waals surface area contributed by atoms with Crippen LogP contribution in [0.15, 0.2) is 24.3 Å². The summed E-state index contributed by atoms with van der Waals surface area (Å²) in [6, 6.07) is 8.13. The topological polar surface area (TPSA) is 67.7 Å². The lowest BCUT2D eigenvalue weighted by Crippen LogP contribution is -2.55. The molecule has 4 rings (SSSR count). The fourth-order valence-corrected chi connectivity index (χ4v) is 5.83. The summed E-state index contributed by atoms with van der Waals surface area (Å²) in [4.78, 5) is 32.3. The number of piperazine rings is 1. The largest absolute Gasteiger partial charge is 0.329 e. The third kappa shape index (κ3) is 4.01. The molecule has 0 unspecified atom stereocenters. The van der Waals surface area contributed by atoms with Gasteiger partial charge in [-0.2, -0.15) is 5.26 Å². The number of fused-ring (bicyclic) bond motifs is 2. The fourth-order valence-electron chi connectivity index (χ4n) is 5.83. The molecular formula is C25H33FN4O2. The summed E-state index contributed by atoms with van der Waals surface area (Å²) in [5.74, 6) is -0.418. The molecule has 32 heavy (non-hydrogen) atoms. The highest BCUT2D eigenvalue weighted by molar-refractivity contribution is 5.86.